The minimum Gasteiger partial charge on any atom is -0.366 e. The second kappa shape index (κ2) is 5.91. The fourth-order valence-electron chi connectivity index (χ4n) is 1.48. The van der Waals surface area contributed by atoms with E-state index in [1.54, 1.807) is 6.20 Å². The van der Waals surface area contributed by atoms with Gasteiger partial charge in [0, 0.05) is 30.9 Å². The zero-order chi connectivity index (χ0) is 13.0. The van der Waals surface area contributed by atoms with Crippen molar-refractivity contribution >= 4 is 21.7 Å². The first-order valence-corrected chi connectivity index (χ1v) is 6.61. The zero-order valence-electron chi connectivity index (χ0n) is 10.4. The number of rotatable bonds is 4. The van der Waals surface area contributed by atoms with Gasteiger partial charge in [-0.1, -0.05) is 19.9 Å². The fourth-order valence-corrected chi connectivity index (χ4v) is 1.88. The van der Waals surface area contributed by atoms with Crippen LogP contribution >= 0.6 is 15.9 Å². The molecule has 18 heavy (non-hydrogen) atoms. The average molecular weight is 307 g/mol. The van der Waals surface area contributed by atoms with Crippen LogP contribution in [0, 0.1) is 0 Å². The van der Waals surface area contributed by atoms with Crippen LogP contribution in [0.3, 0.4) is 0 Å². The molecule has 94 valence electrons. The maximum Gasteiger partial charge on any atom is 0.134 e. The molecule has 0 aromatic carbocycles. The molecule has 2 aromatic heterocycles. The number of anilines is 1. The van der Waals surface area contributed by atoms with E-state index >= 15 is 0 Å². The Morgan fingerprint density at radius 1 is 1.33 bits per heavy atom. The summed E-state index contributed by atoms with van der Waals surface area (Å²) in [5.41, 5.74) is 1.12. The van der Waals surface area contributed by atoms with E-state index in [2.05, 4.69) is 50.0 Å². The molecule has 0 saturated heterocycles. The van der Waals surface area contributed by atoms with Crippen molar-refractivity contribution in [2.24, 2.45) is 0 Å². The molecule has 0 amide bonds. The number of halogens is 1. The Morgan fingerprint density at radius 2 is 2.17 bits per heavy atom. The molecule has 2 rings (SSSR count). The molecule has 0 bridgehead atoms. The van der Waals surface area contributed by atoms with E-state index in [4.69, 9.17) is 0 Å². The van der Waals surface area contributed by atoms with Crippen molar-refractivity contribution in [2.45, 2.75) is 26.3 Å². The zero-order valence-corrected chi connectivity index (χ0v) is 12.0. The minimum atomic E-state index is 0.307. The summed E-state index contributed by atoms with van der Waals surface area (Å²) in [5.74, 6) is 1.96. The van der Waals surface area contributed by atoms with Crippen molar-refractivity contribution in [3.05, 3.63) is 46.6 Å². The third kappa shape index (κ3) is 3.50. The summed E-state index contributed by atoms with van der Waals surface area (Å²) in [5, 5.41) is 3.28. The van der Waals surface area contributed by atoms with Crippen LogP contribution in [0.25, 0.3) is 0 Å². The van der Waals surface area contributed by atoms with E-state index < -0.39 is 0 Å². The summed E-state index contributed by atoms with van der Waals surface area (Å²) in [6.45, 7) is 4.86. The number of nitrogens with one attached hydrogen (secondary N) is 1. The lowest BCUT2D eigenvalue weighted by atomic mass is 10.2. The van der Waals surface area contributed by atoms with Gasteiger partial charge in [-0.15, -0.1) is 0 Å². The summed E-state index contributed by atoms with van der Waals surface area (Å²) >= 11 is 3.40. The number of pyridine rings is 1. The van der Waals surface area contributed by atoms with Gasteiger partial charge >= 0.3 is 0 Å². The molecule has 0 aliphatic rings. The molecule has 4 nitrogen and oxygen atoms in total. The predicted molar refractivity (Wildman–Crippen MR) is 75.4 cm³/mol. The highest BCUT2D eigenvalue weighted by molar-refractivity contribution is 9.10. The summed E-state index contributed by atoms with van der Waals surface area (Å²) in [4.78, 5) is 12.9. The van der Waals surface area contributed by atoms with E-state index in [0.717, 1.165) is 21.8 Å². The van der Waals surface area contributed by atoms with Gasteiger partial charge < -0.3 is 5.32 Å². The van der Waals surface area contributed by atoms with Crippen molar-refractivity contribution in [3.8, 4) is 0 Å². The number of nitrogens with zero attached hydrogens (tertiary/aromatic N) is 3. The molecule has 1 N–H and O–H groups in total. The van der Waals surface area contributed by atoms with E-state index in [9.17, 15) is 0 Å². The largest absolute Gasteiger partial charge is 0.366 e. The van der Waals surface area contributed by atoms with Crippen LogP contribution in [0.2, 0.25) is 0 Å². The van der Waals surface area contributed by atoms with Crippen molar-refractivity contribution in [2.75, 3.05) is 5.32 Å². The summed E-state index contributed by atoms with van der Waals surface area (Å²) in [7, 11) is 0. The second-order valence-corrected chi connectivity index (χ2v) is 5.12. The van der Waals surface area contributed by atoms with Gasteiger partial charge in [0.15, 0.2) is 0 Å². The van der Waals surface area contributed by atoms with Crippen molar-refractivity contribution in [1.29, 1.82) is 0 Å². The number of aromatic nitrogens is 3. The molecule has 0 radical (unpaired) electrons. The van der Waals surface area contributed by atoms with Gasteiger partial charge in [0.25, 0.3) is 0 Å². The standard InChI is InChI=1S/C13H15BrN4/c1-9(2)13-17-11(14)6-12(18-13)16-8-10-4-3-5-15-7-10/h3-7,9H,8H2,1-2H3,(H,16,17,18). The first-order valence-electron chi connectivity index (χ1n) is 5.82. The summed E-state index contributed by atoms with van der Waals surface area (Å²) < 4.78 is 0.801. The van der Waals surface area contributed by atoms with Gasteiger partial charge in [-0.25, -0.2) is 9.97 Å². The fraction of sp³-hybridized carbons (Fsp3) is 0.308. The van der Waals surface area contributed by atoms with Gasteiger partial charge in [-0.2, -0.15) is 0 Å². The van der Waals surface area contributed by atoms with Gasteiger partial charge in [0.05, 0.1) is 0 Å². The first-order chi connectivity index (χ1) is 8.65. The molecule has 0 aliphatic heterocycles. The van der Waals surface area contributed by atoms with Crippen molar-refractivity contribution in [3.63, 3.8) is 0 Å². The Morgan fingerprint density at radius 3 is 2.83 bits per heavy atom. The Bertz CT molecular complexity index is 514. The molecule has 0 unspecified atom stereocenters. The second-order valence-electron chi connectivity index (χ2n) is 4.30. The maximum atomic E-state index is 4.48. The van der Waals surface area contributed by atoms with Crippen LogP contribution in [0.4, 0.5) is 5.82 Å². The van der Waals surface area contributed by atoms with Gasteiger partial charge in [0.2, 0.25) is 0 Å². The van der Waals surface area contributed by atoms with Crippen LogP contribution < -0.4 is 5.32 Å². The minimum absolute atomic E-state index is 0.307. The molecule has 0 aliphatic carbocycles. The molecule has 5 heteroatoms. The summed E-state index contributed by atoms with van der Waals surface area (Å²) in [6.07, 6.45) is 3.61. The molecule has 2 aromatic rings. The molecule has 2 heterocycles. The molecular weight excluding hydrogens is 292 g/mol. The van der Waals surface area contributed by atoms with E-state index in [-0.39, 0.29) is 0 Å². The number of hydrogen-bond donors (Lipinski definition) is 1. The molecule has 0 fully saturated rings. The molecule has 0 saturated carbocycles. The molecule has 0 spiro atoms. The highest BCUT2D eigenvalue weighted by Gasteiger charge is 2.06. The lowest BCUT2D eigenvalue weighted by molar-refractivity contribution is 0.769. The third-order valence-electron chi connectivity index (χ3n) is 2.43. The Hall–Kier alpha value is -1.49. The van der Waals surface area contributed by atoms with Crippen molar-refractivity contribution in [1.82, 2.24) is 15.0 Å². The predicted octanol–water partition coefficient (Wildman–Crippen LogP) is 3.37. The van der Waals surface area contributed by atoms with Gasteiger partial charge in [-0.05, 0) is 27.6 Å². The summed E-state index contributed by atoms with van der Waals surface area (Å²) in [6, 6.07) is 5.83. The SMILES string of the molecule is CC(C)c1nc(Br)cc(NCc2cccnc2)n1. The highest BCUT2D eigenvalue weighted by Crippen LogP contribution is 2.17. The van der Waals surface area contributed by atoms with Crippen LogP contribution in [0.5, 0.6) is 0 Å². The normalized spacial score (nSPS) is 10.7. The van der Waals surface area contributed by atoms with Crippen molar-refractivity contribution < 1.29 is 0 Å². The topological polar surface area (TPSA) is 50.7 Å². The Kier molecular flexibility index (Phi) is 4.25. The smallest absolute Gasteiger partial charge is 0.134 e. The van der Waals surface area contributed by atoms with Crippen LogP contribution in [-0.2, 0) is 6.54 Å². The third-order valence-corrected chi connectivity index (χ3v) is 2.83. The Balaban J connectivity index is 2.10. The van der Waals surface area contributed by atoms with Gasteiger partial charge in [-0.3, -0.25) is 4.98 Å². The lowest BCUT2D eigenvalue weighted by Gasteiger charge is -2.09. The van der Waals surface area contributed by atoms with E-state index in [0.29, 0.717) is 12.5 Å². The number of hydrogen-bond acceptors (Lipinski definition) is 4. The Labute approximate surface area is 115 Å². The average Bonchev–Trinajstić information content (AvgIpc) is 2.37. The van der Waals surface area contributed by atoms with E-state index in [1.807, 2.05) is 24.4 Å². The van der Waals surface area contributed by atoms with Crippen LogP contribution in [0.1, 0.15) is 31.2 Å². The highest BCUT2D eigenvalue weighted by atomic mass is 79.9. The quantitative estimate of drug-likeness (QED) is 0.880. The van der Waals surface area contributed by atoms with Crippen LogP contribution in [-0.4, -0.2) is 15.0 Å². The van der Waals surface area contributed by atoms with Gasteiger partial charge in [0.1, 0.15) is 16.2 Å². The monoisotopic (exact) mass is 306 g/mol. The maximum absolute atomic E-state index is 4.48. The molecule has 0 atom stereocenters. The van der Waals surface area contributed by atoms with Crippen LogP contribution in [0.15, 0.2) is 35.2 Å². The lowest BCUT2D eigenvalue weighted by Crippen LogP contribution is -2.05. The first kappa shape index (κ1) is 13.0. The van der Waals surface area contributed by atoms with E-state index in [1.165, 1.54) is 0 Å². The molecular formula is C13H15BrN4.